The zero-order valence-corrected chi connectivity index (χ0v) is 13.6. The van der Waals surface area contributed by atoms with Gasteiger partial charge >= 0.3 is 5.69 Å². The van der Waals surface area contributed by atoms with Crippen LogP contribution in [0.5, 0.6) is 0 Å². The highest BCUT2D eigenvalue weighted by Crippen LogP contribution is 2.27. The number of anilines is 1. The molecule has 1 radical (unpaired) electrons. The molecular formula is C14H22N3O9. The Morgan fingerprint density at radius 3 is 2.15 bits per heavy atom. The maximum atomic E-state index is 11.5. The molecule has 7 atom stereocenters. The second-order valence-electron chi connectivity index (χ2n) is 5.75. The molecule has 3 rings (SSSR count). The first-order valence-electron chi connectivity index (χ1n) is 7.73. The van der Waals surface area contributed by atoms with Gasteiger partial charge in [0, 0.05) is 6.20 Å². The lowest BCUT2D eigenvalue weighted by Crippen LogP contribution is -2.36. The molecule has 0 aromatic carbocycles. The minimum absolute atomic E-state index is 0.0537. The van der Waals surface area contributed by atoms with E-state index in [1.165, 1.54) is 12.3 Å². The molecule has 12 heteroatoms. The Hall–Kier alpha value is -1.64. The van der Waals surface area contributed by atoms with Crippen LogP contribution in [0, 0.1) is 6.61 Å². The van der Waals surface area contributed by atoms with Gasteiger partial charge in [0.05, 0.1) is 13.2 Å². The summed E-state index contributed by atoms with van der Waals surface area (Å²) in [6, 6.07) is 1.37. The van der Waals surface area contributed by atoms with E-state index in [-0.39, 0.29) is 12.4 Å². The van der Waals surface area contributed by atoms with Crippen LogP contribution >= 0.6 is 0 Å². The molecule has 26 heavy (non-hydrogen) atoms. The van der Waals surface area contributed by atoms with Crippen LogP contribution in [-0.4, -0.2) is 90.0 Å². The third-order valence-electron chi connectivity index (χ3n) is 3.95. The zero-order chi connectivity index (χ0) is 19.4. The normalized spacial score (nSPS) is 36.6. The van der Waals surface area contributed by atoms with Gasteiger partial charge in [-0.15, -0.1) is 0 Å². The van der Waals surface area contributed by atoms with Gasteiger partial charge < -0.3 is 45.8 Å². The molecule has 0 amide bonds. The van der Waals surface area contributed by atoms with E-state index in [9.17, 15) is 15.0 Å². The van der Waals surface area contributed by atoms with Crippen LogP contribution in [0.1, 0.15) is 6.23 Å². The van der Waals surface area contributed by atoms with Crippen LogP contribution in [-0.2, 0) is 9.47 Å². The fourth-order valence-corrected chi connectivity index (χ4v) is 2.44. The van der Waals surface area contributed by atoms with Gasteiger partial charge in [-0.05, 0) is 6.07 Å². The highest BCUT2D eigenvalue weighted by atomic mass is 16.6. The molecule has 1 aromatic rings. The summed E-state index contributed by atoms with van der Waals surface area (Å²) in [6.45, 7) is 0.395. The number of nitrogens with two attached hydrogens (primary N) is 1. The van der Waals surface area contributed by atoms with Crippen LogP contribution < -0.4 is 11.4 Å². The van der Waals surface area contributed by atoms with E-state index in [0.717, 1.165) is 11.2 Å². The van der Waals surface area contributed by atoms with Crippen molar-refractivity contribution in [3.05, 3.63) is 29.4 Å². The van der Waals surface area contributed by atoms with Gasteiger partial charge in [-0.2, -0.15) is 4.98 Å². The highest BCUT2D eigenvalue weighted by molar-refractivity contribution is 5.23. The number of rotatable bonds is 3. The van der Waals surface area contributed by atoms with Crippen molar-refractivity contribution in [2.45, 2.75) is 42.9 Å². The fraction of sp³-hybridized carbons (Fsp3) is 0.643. The fourth-order valence-electron chi connectivity index (χ4n) is 2.44. The number of nitrogens with zero attached hydrogens (tertiary/aromatic N) is 2. The topological polar surface area (TPSA) is 201 Å². The Kier molecular flexibility index (Phi) is 7.02. The lowest BCUT2D eigenvalue weighted by Gasteiger charge is -2.16. The summed E-state index contributed by atoms with van der Waals surface area (Å²) in [6.07, 6.45) is -5.85. The second kappa shape index (κ2) is 8.83. The number of ether oxygens (including phenoxy) is 2. The Morgan fingerprint density at radius 2 is 1.73 bits per heavy atom. The molecule has 1 aromatic heterocycles. The standard InChI is InChI=1S/C9H13N3O5.C5H9O4/c10-5-1-2-12(9(16)11-5)8-7(15)6(14)4(3-13)17-8;6-1-4-5(8)3(7)2-9-4/h1-2,4,6-8,13-15H,3H2,(H2,10,11,16);2-8H,1H2/t4-,6?,7?,8-;3-,4-,5+/m11/s1. The SMILES string of the molecule is Nc1ccn([C@@H]2O[C@H](CO)C(O)C2O)c(=O)n1.OC[C@H]1O[CH][C@@H](O)[C@@H]1O. The number of nitrogen functional groups attached to an aromatic ring is 1. The number of aromatic nitrogens is 2. The Bertz CT molecular complexity index is 642. The molecular weight excluding hydrogens is 354 g/mol. The van der Waals surface area contributed by atoms with Crippen LogP contribution in [0.15, 0.2) is 17.1 Å². The van der Waals surface area contributed by atoms with E-state index in [2.05, 4.69) is 9.72 Å². The predicted molar refractivity (Wildman–Crippen MR) is 84.2 cm³/mol. The minimum Gasteiger partial charge on any atom is -0.394 e. The average molecular weight is 376 g/mol. The molecule has 2 aliphatic heterocycles. The van der Waals surface area contributed by atoms with Gasteiger partial charge in [-0.25, -0.2) is 4.79 Å². The molecule has 3 heterocycles. The maximum Gasteiger partial charge on any atom is 0.351 e. The van der Waals surface area contributed by atoms with Gasteiger partial charge in [-0.3, -0.25) is 4.57 Å². The van der Waals surface area contributed by atoms with E-state index < -0.39 is 55.1 Å². The van der Waals surface area contributed by atoms with Crippen molar-refractivity contribution >= 4 is 5.82 Å². The number of aliphatic hydroxyl groups excluding tert-OH is 6. The van der Waals surface area contributed by atoms with Gasteiger partial charge in [0.15, 0.2) is 6.23 Å². The number of aliphatic hydroxyl groups is 6. The van der Waals surface area contributed by atoms with Crippen LogP contribution in [0.2, 0.25) is 0 Å². The summed E-state index contributed by atoms with van der Waals surface area (Å²) >= 11 is 0. The molecule has 147 valence electrons. The highest BCUT2D eigenvalue weighted by Gasteiger charge is 2.43. The van der Waals surface area contributed by atoms with E-state index in [0.29, 0.717) is 0 Å². The molecule has 0 spiro atoms. The van der Waals surface area contributed by atoms with Crippen LogP contribution in [0.25, 0.3) is 0 Å². The van der Waals surface area contributed by atoms with E-state index >= 15 is 0 Å². The van der Waals surface area contributed by atoms with E-state index in [1.807, 2.05) is 0 Å². The van der Waals surface area contributed by atoms with Crippen molar-refractivity contribution < 1.29 is 40.1 Å². The Labute approximate surface area is 147 Å². The predicted octanol–water partition coefficient (Wildman–Crippen LogP) is -4.30. The Morgan fingerprint density at radius 1 is 1.08 bits per heavy atom. The van der Waals surface area contributed by atoms with Crippen LogP contribution in [0.3, 0.4) is 0 Å². The lowest BCUT2D eigenvalue weighted by atomic mass is 10.1. The molecule has 8 N–H and O–H groups in total. The summed E-state index contributed by atoms with van der Waals surface area (Å²) in [5, 5.41) is 54.2. The van der Waals surface area contributed by atoms with Crippen molar-refractivity contribution in [1.29, 1.82) is 0 Å². The first-order valence-corrected chi connectivity index (χ1v) is 7.73. The van der Waals surface area contributed by atoms with E-state index in [1.54, 1.807) is 0 Å². The largest absolute Gasteiger partial charge is 0.394 e. The molecule has 0 saturated carbocycles. The van der Waals surface area contributed by atoms with Gasteiger partial charge in [0.1, 0.15) is 49.0 Å². The van der Waals surface area contributed by atoms with Crippen molar-refractivity contribution in [1.82, 2.24) is 9.55 Å². The van der Waals surface area contributed by atoms with E-state index in [4.69, 9.17) is 30.9 Å². The van der Waals surface area contributed by atoms with Crippen LogP contribution in [0.4, 0.5) is 5.82 Å². The summed E-state index contributed by atoms with van der Waals surface area (Å²) < 4.78 is 10.8. The van der Waals surface area contributed by atoms with Crippen molar-refractivity contribution in [2.75, 3.05) is 18.9 Å². The van der Waals surface area contributed by atoms with Gasteiger partial charge in [0.25, 0.3) is 0 Å². The monoisotopic (exact) mass is 376 g/mol. The summed E-state index contributed by atoms with van der Waals surface area (Å²) in [5.74, 6) is 0.0537. The molecule has 2 aliphatic rings. The molecule has 2 fully saturated rings. The third kappa shape index (κ3) is 4.36. The summed E-state index contributed by atoms with van der Waals surface area (Å²) in [5.41, 5.74) is 4.63. The molecule has 12 nitrogen and oxygen atoms in total. The molecule has 2 saturated heterocycles. The maximum absolute atomic E-state index is 11.5. The molecule has 2 unspecified atom stereocenters. The third-order valence-corrected chi connectivity index (χ3v) is 3.95. The lowest BCUT2D eigenvalue weighted by molar-refractivity contribution is -0.0549. The smallest absolute Gasteiger partial charge is 0.351 e. The average Bonchev–Trinajstić information content (AvgIpc) is 3.09. The van der Waals surface area contributed by atoms with Gasteiger partial charge in [-0.1, -0.05) is 0 Å². The Balaban J connectivity index is 0.000000228. The van der Waals surface area contributed by atoms with Gasteiger partial charge in [0.2, 0.25) is 0 Å². The van der Waals surface area contributed by atoms with Crippen molar-refractivity contribution in [3.63, 3.8) is 0 Å². The quantitative estimate of drug-likeness (QED) is 0.269. The summed E-state index contributed by atoms with van der Waals surface area (Å²) in [7, 11) is 0. The molecule has 0 bridgehead atoms. The number of hydrogen-bond acceptors (Lipinski definition) is 11. The first kappa shape index (κ1) is 20.7. The summed E-state index contributed by atoms with van der Waals surface area (Å²) in [4.78, 5) is 15.0. The molecule has 0 aliphatic carbocycles. The van der Waals surface area contributed by atoms with Crippen molar-refractivity contribution in [2.24, 2.45) is 0 Å². The first-order chi connectivity index (χ1) is 12.3. The van der Waals surface area contributed by atoms with Crippen molar-refractivity contribution in [3.8, 4) is 0 Å². The number of hydrogen-bond donors (Lipinski definition) is 7. The second-order valence-corrected chi connectivity index (χ2v) is 5.75. The minimum atomic E-state index is -1.31. The zero-order valence-electron chi connectivity index (χ0n) is 13.6.